The molecule has 4 heteroatoms. The lowest BCUT2D eigenvalue weighted by Crippen LogP contribution is -2.10. The number of phenolic OH excluding ortho intramolecular Hbond substituents is 1. The third-order valence-corrected chi connectivity index (χ3v) is 2.33. The molecule has 1 aliphatic rings. The van der Waals surface area contributed by atoms with Crippen LogP contribution in [0, 0.1) is 0 Å². The van der Waals surface area contributed by atoms with Crippen LogP contribution < -0.4 is 5.73 Å². The third kappa shape index (κ3) is 2.27. The molecule has 0 fully saturated rings. The molecule has 1 heterocycles. The Hall–Kier alpha value is -1.55. The van der Waals surface area contributed by atoms with Crippen LogP contribution in [0.15, 0.2) is 29.3 Å². The molecule has 1 aromatic carbocycles. The maximum atomic E-state index is 9.15. The van der Waals surface area contributed by atoms with E-state index >= 15 is 0 Å². The Balaban J connectivity index is 2.01. The highest BCUT2D eigenvalue weighted by molar-refractivity contribution is 5.78. The summed E-state index contributed by atoms with van der Waals surface area (Å²) < 4.78 is 5.62. The predicted octanol–water partition coefficient (Wildman–Crippen LogP) is 1.21. The summed E-state index contributed by atoms with van der Waals surface area (Å²) in [6, 6.07) is 7.00. The SMILES string of the molecule is NCCC1=NCC(c2ccc(O)cc2)O1. The summed E-state index contributed by atoms with van der Waals surface area (Å²) in [5.41, 5.74) is 6.45. The van der Waals surface area contributed by atoms with Gasteiger partial charge in [-0.15, -0.1) is 0 Å². The van der Waals surface area contributed by atoms with E-state index in [-0.39, 0.29) is 11.9 Å². The van der Waals surface area contributed by atoms with Crippen LogP contribution in [0.4, 0.5) is 0 Å². The lowest BCUT2D eigenvalue weighted by atomic mass is 10.1. The molecule has 4 nitrogen and oxygen atoms in total. The van der Waals surface area contributed by atoms with Crippen LogP contribution in [-0.2, 0) is 4.74 Å². The van der Waals surface area contributed by atoms with Gasteiger partial charge in [0.05, 0.1) is 6.54 Å². The minimum Gasteiger partial charge on any atom is -0.508 e. The second-order valence-electron chi connectivity index (χ2n) is 3.47. The number of hydrogen-bond acceptors (Lipinski definition) is 4. The smallest absolute Gasteiger partial charge is 0.185 e. The highest BCUT2D eigenvalue weighted by Crippen LogP contribution is 2.24. The monoisotopic (exact) mass is 206 g/mol. The summed E-state index contributed by atoms with van der Waals surface area (Å²) in [4.78, 5) is 4.26. The number of aliphatic imine (C=N–C) groups is 1. The third-order valence-electron chi connectivity index (χ3n) is 2.33. The van der Waals surface area contributed by atoms with Gasteiger partial charge < -0.3 is 15.6 Å². The topological polar surface area (TPSA) is 67.8 Å². The molecule has 0 aromatic heterocycles. The first-order chi connectivity index (χ1) is 7.29. The van der Waals surface area contributed by atoms with Gasteiger partial charge in [0.2, 0.25) is 0 Å². The molecule has 0 amide bonds. The molecule has 15 heavy (non-hydrogen) atoms. The Morgan fingerprint density at radius 2 is 2.13 bits per heavy atom. The molecule has 1 atom stereocenters. The molecule has 1 aliphatic heterocycles. The number of rotatable bonds is 3. The summed E-state index contributed by atoms with van der Waals surface area (Å²) in [7, 11) is 0. The van der Waals surface area contributed by atoms with Gasteiger partial charge >= 0.3 is 0 Å². The molecule has 80 valence electrons. The van der Waals surface area contributed by atoms with Gasteiger partial charge in [-0.25, -0.2) is 0 Å². The Labute approximate surface area is 88.4 Å². The Kier molecular flexibility index (Phi) is 2.87. The van der Waals surface area contributed by atoms with E-state index in [1.807, 2.05) is 12.1 Å². The lowest BCUT2D eigenvalue weighted by Gasteiger charge is -2.11. The second-order valence-corrected chi connectivity index (χ2v) is 3.47. The van der Waals surface area contributed by atoms with E-state index in [2.05, 4.69) is 4.99 Å². The molecular formula is C11H14N2O2. The standard InChI is InChI=1S/C11H14N2O2/c12-6-5-11-13-7-10(15-11)8-1-3-9(14)4-2-8/h1-4,10,14H,5-7,12H2. The van der Waals surface area contributed by atoms with Crippen molar-refractivity contribution in [2.75, 3.05) is 13.1 Å². The lowest BCUT2D eigenvalue weighted by molar-refractivity contribution is 0.224. The number of phenols is 1. The van der Waals surface area contributed by atoms with Gasteiger partial charge in [0.1, 0.15) is 11.9 Å². The highest BCUT2D eigenvalue weighted by Gasteiger charge is 2.20. The van der Waals surface area contributed by atoms with E-state index in [0.717, 1.165) is 11.5 Å². The maximum Gasteiger partial charge on any atom is 0.185 e. The average molecular weight is 206 g/mol. The molecule has 1 unspecified atom stereocenters. The fraction of sp³-hybridized carbons (Fsp3) is 0.364. The number of nitrogens with two attached hydrogens (primary N) is 1. The molecule has 0 radical (unpaired) electrons. The van der Waals surface area contributed by atoms with E-state index in [4.69, 9.17) is 15.6 Å². The normalized spacial score (nSPS) is 19.8. The van der Waals surface area contributed by atoms with Crippen molar-refractivity contribution in [2.45, 2.75) is 12.5 Å². The van der Waals surface area contributed by atoms with Gasteiger partial charge in [0, 0.05) is 13.0 Å². The number of ether oxygens (including phenoxy) is 1. The van der Waals surface area contributed by atoms with Crippen molar-refractivity contribution in [1.82, 2.24) is 0 Å². The summed E-state index contributed by atoms with van der Waals surface area (Å²) in [5, 5.41) is 9.15. The first-order valence-corrected chi connectivity index (χ1v) is 4.98. The molecule has 0 saturated carbocycles. The second kappa shape index (κ2) is 4.31. The van der Waals surface area contributed by atoms with Crippen molar-refractivity contribution in [2.24, 2.45) is 10.7 Å². The summed E-state index contributed by atoms with van der Waals surface area (Å²) >= 11 is 0. The van der Waals surface area contributed by atoms with Crippen LogP contribution in [0.3, 0.4) is 0 Å². The number of benzene rings is 1. The quantitative estimate of drug-likeness (QED) is 0.781. The van der Waals surface area contributed by atoms with Gasteiger partial charge in [-0.05, 0) is 17.7 Å². The Bertz CT molecular complexity index is 359. The van der Waals surface area contributed by atoms with Gasteiger partial charge in [-0.3, -0.25) is 4.99 Å². The van der Waals surface area contributed by atoms with Gasteiger partial charge in [0.15, 0.2) is 5.90 Å². The van der Waals surface area contributed by atoms with Gasteiger partial charge in [0.25, 0.3) is 0 Å². The molecule has 2 rings (SSSR count). The summed E-state index contributed by atoms with van der Waals surface area (Å²) in [5.74, 6) is 0.996. The molecular weight excluding hydrogens is 192 g/mol. The van der Waals surface area contributed by atoms with E-state index in [0.29, 0.717) is 19.5 Å². The summed E-state index contributed by atoms with van der Waals surface area (Å²) in [6.07, 6.45) is 0.668. The van der Waals surface area contributed by atoms with Crippen LogP contribution in [-0.4, -0.2) is 24.1 Å². The number of aromatic hydroxyl groups is 1. The van der Waals surface area contributed by atoms with Crippen LogP contribution in [0.1, 0.15) is 18.1 Å². The zero-order valence-electron chi connectivity index (χ0n) is 8.39. The average Bonchev–Trinajstić information content (AvgIpc) is 2.68. The van der Waals surface area contributed by atoms with Crippen LogP contribution in [0.2, 0.25) is 0 Å². The zero-order chi connectivity index (χ0) is 10.7. The van der Waals surface area contributed by atoms with Crippen molar-refractivity contribution >= 4 is 5.90 Å². The molecule has 3 N–H and O–H groups in total. The van der Waals surface area contributed by atoms with E-state index in [1.165, 1.54) is 0 Å². The minimum atomic E-state index is -0.0212. The first-order valence-electron chi connectivity index (χ1n) is 4.98. The van der Waals surface area contributed by atoms with E-state index in [1.54, 1.807) is 12.1 Å². The highest BCUT2D eigenvalue weighted by atomic mass is 16.5. The van der Waals surface area contributed by atoms with Crippen molar-refractivity contribution in [3.8, 4) is 5.75 Å². The molecule has 0 saturated heterocycles. The largest absolute Gasteiger partial charge is 0.508 e. The number of nitrogens with zero attached hydrogens (tertiary/aromatic N) is 1. The van der Waals surface area contributed by atoms with Gasteiger partial charge in [-0.1, -0.05) is 12.1 Å². The van der Waals surface area contributed by atoms with Crippen molar-refractivity contribution in [1.29, 1.82) is 0 Å². The fourth-order valence-corrected chi connectivity index (χ4v) is 1.55. The van der Waals surface area contributed by atoms with Crippen LogP contribution >= 0.6 is 0 Å². The molecule has 1 aromatic rings. The molecule has 0 aliphatic carbocycles. The van der Waals surface area contributed by atoms with E-state index < -0.39 is 0 Å². The van der Waals surface area contributed by atoms with Crippen LogP contribution in [0.5, 0.6) is 5.75 Å². The van der Waals surface area contributed by atoms with Crippen molar-refractivity contribution < 1.29 is 9.84 Å². The Morgan fingerprint density at radius 1 is 1.40 bits per heavy atom. The zero-order valence-corrected chi connectivity index (χ0v) is 8.39. The minimum absolute atomic E-state index is 0.0212. The van der Waals surface area contributed by atoms with Crippen molar-refractivity contribution in [3.63, 3.8) is 0 Å². The summed E-state index contributed by atoms with van der Waals surface area (Å²) in [6.45, 7) is 1.20. The first kappa shape index (κ1) is 9.98. The molecule has 0 spiro atoms. The van der Waals surface area contributed by atoms with Gasteiger partial charge in [-0.2, -0.15) is 0 Å². The Morgan fingerprint density at radius 3 is 2.80 bits per heavy atom. The fourth-order valence-electron chi connectivity index (χ4n) is 1.55. The van der Waals surface area contributed by atoms with E-state index in [9.17, 15) is 0 Å². The predicted molar refractivity (Wildman–Crippen MR) is 57.9 cm³/mol. The maximum absolute atomic E-state index is 9.15. The molecule has 0 bridgehead atoms. The number of hydrogen-bond donors (Lipinski definition) is 2. The van der Waals surface area contributed by atoms with Crippen molar-refractivity contribution in [3.05, 3.63) is 29.8 Å². The van der Waals surface area contributed by atoms with Crippen LogP contribution in [0.25, 0.3) is 0 Å².